The van der Waals surface area contributed by atoms with Crippen LogP contribution in [0.5, 0.6) is 0 Å². The summed E-state index contributed by atoms with van der Waals surface area (Å²) in [5.74, 6) is 0.212. The van der Waals surface area contributed by atoms with Crippen molar-refractivity contribution in [1.29, 1.82) is 0 Å². The van der Waals surface area contributed by atoms with Crippen molar-refractivity contribution in [3.05, 3.63) is 53.1 Å². The lowest BCUT2D eigenvalue weighted by molar-refractivity contribution is 0.567. The molecule has 2 aromatic rings. The van der Waals surface area contributed by atoms with Gasteiger partial charge in [0.1, 0.15) is 5.82 Å². The molecule has 20 heavy (non-hydrogen) atoms. The molecule has 1 N–H and O–H groups in total. The highest BCUT2D eigenvalue weighted by Gasteiger charge is 2.12. The third-order valence-electron chi connectivity index (χ3n) is 3.45. The van der Waals surface area contributed by atoms with Gasteiger partial charge in [0.2, 0.25) is 0 Å². The van der Waals surface area contributed by atoms with Crippen LogP contribution in [0.4, 0.5) is 4.39 Å². The second kappa shape index (κ2) is 6.18. The number of rotatable bonds is 5. The highest BCUT2D eigenvalue weighted by Crippen LogP contribution is 2.19. The van der Waals surface area contributed by atoms with Gasteiger partial charge in [-0.2, -0.15) is 5.10 Å². The van der Waals surface area contributed by atoms with Gasteiger partial charge in [0.15, 0.2) is 0 Å². The van der Waals surface area contributed by atoms with Crippen LogP contribution in [0.1, 0.15) is 49.6 Å². The molecule has 0 spiro atoms. The Morgan fingerprint density at radius 2 is 1.85 bits per heavy atom. The van der Waals surface area contributed by atoms with Crippen LogP contribution in [0.2, 0.25) is 0 Å². The minimum absolute atomic E-state index is 0.177. The summed E-state index contributed by atoms with van der Waals surface area (Å²) < 4.78 is 14.8. The summed E-state index contributed by atoms with van der Waals surface area (Å²) >= 11 is 0. The quantitative estimate of drug-likeness (QED) is 0.904. The van der Waals surface area contributed by atoms with Gasteiger partial charge in [-0.15, -0.1) is 0 Å². The second-order valence-corrected chi connectivity index (χ2v) is 5.52. The van der Waals surface area contributed by atoms with Crippen LogP contribution in [0.15, 0.2) is 30.5 Å². The van der Waals surface area contributed by atoms with Crippen molar-refractivity contribution in [3.8, 4) is 0 Å². The lowest BCUT2D eigenvalue weighted by Crippen LogP contribution is -2.18. The average molecular weight is 275 g/mol. The molecule has 1 aromatic heterocycles. The fraction of sp³-hybridized carbons (Fsp3) is 0.438. The molecule has 108 valence electrons. The van der Waals surface area contributed by atoms with E-state index in [1.807, 2.05) is 23.9 Å². The van der Waals surface area contributed by atoms with Gasteiger partial charge in [-0.1, -0.05) is 26.0 Å². The van der Waals surface area contributed by atoms with Gasteiger partial charge in [-0.3, -0.25) is 4.68 Å². The summed E-state index contributed by atoms with van der Waals surface area (Å²) in [7, 11) is 1.94. The van der Waals surface area contributed by atoms with E-state index in [1.165, 1.54) is 17.7 Å². The number of aryl methyl sites for hydroxylation is 1. The maximum Gasteiger partial charge on any atom is 0.123 e. The predicted molar refractivity (Wildman–Crippen MR) is 79.0 cm³/mol. The normalized spacial score (nSPS) is 12.9. The molecule has 0 aliphatic carbocycles. The number of hydrogen-bond donors (Lipinski definition) is 1. The monoisotopic (exact) mass is 275 g/mol. The van der Waals surface area contributed by atoms with Crippen LogP contribution < -0.4 is 5.32 Å². The van der Waals surface area contributed by atoms with Crippen molar-refractivity contribution in [2.24, 2.45) is 7.05 Å². The lowest BCUT2D eigenvalue weighted by atomic mass is 10.1. The molecule has 3 nitrogen and oxygen atoms in total. The maximum atomic E-state index is 12.9. The summed E-state index contributed by atoms with van der Waals surface area (Å²) in [6, 6.07) is 6.81. The third-order valence-corrected chi connectivity index (χ3v) is 3.45. The highest BCUT2D eigenvalue weighted by molar-refractivity contribution is 5.22. The first-order valence-electron chi connectivity index (χ1n) is 6.98. The van der Waals surface area contributed by atoms with E-state index in [0.29, 0.717) is 5.92 Å². The van der Waals surface area contributed by atoms with Crippen LogP contribution >= 0.6 is 0 Å². The van der Waals surface area contributed by atoms with Gasteiger partial charge in [0.05, 0.1) is 5.69 Å². The number of aromatic nitrogens is 2. The molecule has 0 saturated carbocycles. The Bertz CT molecular complexity index is 558. The Morgan fingerprint density at radius 3 is 2.45 bits per heavy atom. The van der Waals surface area contributed by atoms with Gasteiger partial charge in [0.25, 0.3) is 0 Å². The maximum absolute atomic E-state index is 12.9. The van der Waals surface area contributed by atoms with Crippen LogP contribution in [-0.4, -0.2) is 9.78 Å². The molecule has 4 heteroatoms. The Kier molecular flexibility index (Phi) is 4.55. The topological polar surface area (TPSA) is 29.9 Å². The predicted octanol–water partition coefficient (Wildman–Crippen LogP) is 3.53. The van der Waals surface area contributed by atoms with Gasteiger partial charge >= 0.3 is 0 Å². The summed E-state index contributed by atoms with van der Waals surface area (Å²) in [6.07, 6.45) is 2.06. The zero-order valence-corrected chi connectivity index (χ0v) is 12.5. The molecule has 0 aliphatic heterocycles. The molecule has 0 fully saturated rings. The van der Waals surface area contributed by atoms with Crippen LogP contribution in [0.25, 0.3) is 0 Å². The van der Waals surface area contributed by atoms with E-state index < -0.39 is 0 Å². The number of nitrogens with one attached hydrogen (secondary N) is 1. The molecule has 0 bridgehead atoms. The number of nitrogens with zero attached hydrogens (tertiary/aromatic N) is 2. The smallest absolute Gasteiger partial charge is 0.123 e. The average Bonchev–Trinajstić information content (AvgIpc) is 2.78. The van der Waals surface area contributed by atoms with E-state index in [4.69, 9.17) is 0 Å². The molecule has 0 amide bonds. The van der Waals surface area contributed by atoms with Crippen LogP contribution in [0, 0.1) is 5.82 Å². The van der Waals surface area contributed by atoms with E-state index >= 15 is 0 Å². The standard InChI is InChI=1S/C16H22FN3/c1-11(2)16-14(10-20(4)19-16)9-18-12(3)13-5-7-15(17)8-6-13/h5-8,10-12,18H,9H2,1-4H3/t12-/m1/s1. The van der Waals surface area contributed by atoms with E-state index in [1.54, 1.807) is 0 Å². The second-order valence-electron chi connectivity index (χ2n) is 5.52. The minimum atomic E-state index is -0.199. The first-order valence-corrected chi connectivity index (χ1v) is 6.98. The highest BCUT2D eigenvalue weighted by atomic mass is 19.1. The molecule has 1 aromatic carbocycles. The molecule has 2 rings (SSSR count). The largest absolute Gasteiger partial charge is 0.306 e. The van der Waals surface area contributed by atoms with Crippen molar-refractivity contribution >= 4 is 0 Å². The van der Waals surface area contributed by atoms with Gasteiger partial charge in [0, 0.05) is 31.4 Å². The van der Waals surface area contributed by atoms with Crippen LogP contribution in [-0.2, 0) is 13.6 Å². The summed E-state index contributed by atoms with van der Waals surface area (Å²) in [5.41, 5.74) is 3.43. The number of benzene rings is 1. The Hall–Kier alpha value is -1.68. The summed E-state index contributed by atoms with van der Waals surface area (Å²) in [5, 5.41) is 7.97. The van der Waals surface area contributed by atoms with E-state index in [2.05, 4.69) is 37.4 Å². The number of hydrogen-bond acceptors (Lipinski definition) is 2. The summed E-state index contributed by atoms with van der Waals surface area (Å²) in [4.78, 5) is 0. The van der Waals surface area contributed by atoms with Crippen molar-refractivity contribution in [3.63, 3.8) is 0 Å². The Balaban J connectivity index is 2.03. The zero-order chi connectivity index (χ0) is 14.7. The molecule has 0 unspecified atom stereocenters. The number of halogens is 1. The van der Waals surface area contributed by atoms with Crippen molar-refractivity contribution < 1.29 is 4.39 Å². The molecular weight excluding hydrogens is 253 g/mol. The lowest BCUT2D eigenvalue weighted by Gasteiger charge is -2.14. The fourth-order valence-corrected chi connectivity index (χ4v) is 2.31. The van der Waals surface area contributed by atoms with Gasteiger partial charge in [-0.25, -0.2) is 4.39 Å². The van der Waals surface area contributed by atoms with E-state index in [9.17, 15) is 4.39 Å². The van der Waals surface area contributed by atoms with Gasteiger partial charge < -0.3 is 5.32 Å². The Labute approximate surface area is 119 Å². The fourth-order valence-electron chi connectivity index (χ4n) is 2.31. The molecule has 0 radical (unpaired) electrons. The first-order chi connectivity index (χ1) is 9.47. The molecule has 0 saturated heterocycles. The SMILES string of the molecule is CC(C)c1nn(C)cc1CN[C@H](C)c1ccc(F)cc1. The van der Waals surface area contributed by atoms with E-state index in [-0.39, 0.29) is 11.9 Å². The minimum Gasteiger partial charge on any atom is -0.306 e. The molecule has 1 atom stereocenters. The first kappa shape index (κ1) is 14.7. The molecular formula is C16H22FN3. The molecule has 1 heterocycles. The molecule has 0 aliphatic rings. The zero-order valence-electron chi connectivity index (χ0n) is 12.5. The van der Waals surface area contributed by atoms with E-state index in [0.717, 1.165) is 17.8 Å². The Morgan fingerprint density at radius 1 is 1.20 bits per heavy atom. The summed E-state index contributed by atoms with van der Waals surface area (Å²) in [6.45, 7) is 7.14. The van der Waals surface area contributed by atoms with Gasteiger partial charge in [-0.05, 0) is 30.5 Å². The van der Waals surface area contributed by atoms with Crippen molar-refractivity contribution in [2.45, 2.75) is 39.3 Å². The van der Waals surface area contributed by atoms with Crippen molar-refractivity contribution in [1.82, 2.24) is 15.1 Å². The third kappa shape index (κ3) is 3.45. The van der Waals surface area contributed by atoms with Crippen LogP contribution in [0.3, 0.4) is 0 Å². The van der Waals surface area contributed by atoms with Crippen molar-refractivity contribution in [2.75, 3.05) is 0 Å².